The Hall–Kier alpha value is -6.69. The van der Waals surface area contributed by atoms with Gasteiger partial charge in [-0.05, 0) is 81.2 Å². The van der Waals surface area contributed by atoms with E-state index in [1.54, 1.807) is 0 Å². The second-order valence-electron chi connectivity index (χ2n) is 12.4. The van der Waals surface area contributed by atoms with Crippen molar-refractivity contribution < 1.29 is 0 Å². The molecule has 0 aliphatic carbocycles. The fourth-order valence-electron chi connectivity index (χ4n) is 7.39. The van der Waals surface area contributed by atoms with E-state index in [1.807, 2.05) is 24.3 Å². The molecule has 8 aromatic carbocycles. The molecule has 236 valence electrons. The van der Waals surface area contributed by atoms with Crippen LogP contribution in [0.5, 0.6) is 0 Å². The van der Waals surface area contributed by atoms with E-state index in [4.69, 9.17) is 0 Å². The van der Waals surface area contributed by atoms with Crippen LogP contribution in [0.4, 0.5) is 17.1 Å². The van der Waals surface area contributed by atoms with Crippen molar-refractivity contribution in [1.82, 2.24) is 0 Å². The summed E-state index contributed by atoms with van der Waals surface area (Å²) in [6, 6.07) is 75.3. The predicted molar refractivity (Wildman–Crippen MR) is 207 cm³/mol. The van der Waals surface area contributed by atoms with Gasteiger partial charge in [0.2, 0.25) is 0 Å². The Morgan fingerprint density at radius 2 is 0.760 bits per heavy atom. The minimum absolute atomic E-state index is 0.587. The van der Waals surface area contributed by atoms with Gasteiger partial charge < -0.3 is 4.90 Å². The third-order valence-electron chi connectivity index (χ3n) is 9.67. The van der Waals surface area contributed by atoms with E-state index in [9.17, 15) is 5.26 Å². The first-order valence-corrected chi connectivity index (χ1v) is 16.9. The van der Waals surface area contributed by atoms with Crippen molar-refractivity contribution in [2.45, 2.75) is 5.41 Å². The number of fused-ring (bicyclic) bond motifs is 1. The number of benzene rings is 8. The van der Waals surface area contributed by atoms with Crippen molar-refractivity contribution in [3.63, 3.8) is 0 Å². The molecule has 8 aromatic rings. The van der Waals surface area contributed by atoms with E-state index in [2.05, 4.69) is 193 Å². The summed E-state index contributed by atoms with van der Waals surface area (Å²) in [6.45, 7) is 0. The van der Waals surface area contributed by atoms with Crippen LogP contribution < -0.4 is 4.90 Å². The van der Waals surface area contributed by atoms with Crippen LogP contribution in [0.2, 0.25) is 0 Å². The van der Waals surface area contributed by atoms with Gasteiger partial charge in [0.05, 0.1) is 17.0 Å². The molecule has 8 rings (SSSR count). The van der Waals surface area contributed by atoms with Crippen molar-refractivity contribution >= 4 is 27.8 Å². The molecule has 0 bridgehead atoms. The second-order valence-corrected chi connectivity index (χ2v) is 12.4. The summed E-state index contributed by atoms with van der Waals surface area (Å²) in [6.07, 6.45) is 0. The van der Waals surface area contributed by atoms with Gasteiger partial charge in [-0.2, -0.15) is 5.26 Å². The van der Waals surface area contributed by atoms with Crippen LogP contribution in [0.25, 0.3) is 21.9 Å². The molecule has 0 heterocycles. The molecule has 0 saturated heterocycles. The van der Waals surface area contributed by atoms with Crippen molar-refractivity contribution in [2.75, 3.05) is 4.90 Å². The van der Waals surface area contributed by atoms with E-state index in [1.165, 1.54) is 22.3 Å². The molecule has 0 saturated carbocycles. The van der Waals surface area contributed by atoms with Crippen molar-refractivity contribution in [3.8, 4) is 17.2 Å². The van der Waals surface area contributed by atoms with Gasteiger partial charge in [0.1, 0.15) is 0 Å². The highest BCUT2D eigenvalue weighted by atomic mass is 15.1. The molecule has 0 N–H and O–H groups in total. The highest BCUT2D eigenvalue weighted by Gasteiger charge is 2.38. The van der Waals surface area contributed by atoms with Crippen LogP contribution in [0, 0.1) is 11.3 Å². The Kier molecular flexibility index (Phi) is 8.23. The Morgan fingerprint density at radius 3 is 1.26 bits per heavy atom. The highest BCUT2D eigenvalue weighted by molar-refractivity contribution is 5.99. The summed E-state index contributed by atoms with van der Waals surface area (Å²) in [5.74, 6) is 0. The summed E-state index contributed by atoms with van der Waals surface area (Å²) < 4.78 is 0. The number of anilines is 3. The van der Waals surface area contributed by atoms with E-state index < -0.39 is 5.41 Å². The monoisotopic (exact) mass is 638 g/mol. The standard InChI is InChI=1S/C48H34N2/c49-35-37-27-34-46(47-24-14-13-23-45(37)47)36-25-28-40(29-26-36)48(38-15-5-1-6-16-38,39-17-7-2-8-18-39)41-30-32-44(33-31-41)50(42-19-9-3-10-20-42)43-21-11-4-12-22-43/h1-34H. The summed E-state index contributed by atoms with van der Waals surface area (Å²) in [5.41, 5.74) is 10.4. The Bertz CT molecular complexity index is 2320. The van der Waals surface area contributed by atoms with Gasteiger partial charge in [-0.1, -0.05) is 164 Å². The lowest BCUT2D eigenvalue weighted by Gasteiger charge is -2.37. The summed E-state index contributed by atoms with van der Waals surface area (Å²) in [5, 5.41) is 11.8. The molecule has 0 aliphatic rings. The summed E-state index contributed by atoms with van der Waals surface area (Å²) in [4.78, 5) is 2.30. The molecular weight excluding hydrogens is 605 g/mol. The van der Waals surface area contributed by atoms with E-state index >= 15 is 0 Å². The first-order valence-electron chi connectivity index (χ1n) is 16.9. The maximum atomic E-state index is 9.76. The molecule has 0 spiro atoms. The van der Waals surface area contributed by atoms with Gasteiger partial charge in [-0.25, -0.2) is 0 Å². The molecule has 2 nitrogen and oxygen atoms in total. The zero-order valence-electron chi connectivity index (χ0n) is 27.5. The molecular formula is C48H34N2. The van der Waals surface area contributed by atoms with Crippen LogP contribution in [0.1, 0.15) is 27.8 Å². The van der Waals surface area contributed by atoms with Gasteiger partial charge in [0.25, 0.3) is 0 Å². The fourth-order valence-corrected chi connectivity index (χ4v) is 7.39. The average molecular weight is 639 g/mol. The predicted octanol–water partition coefficient (Wildman–Crippen LogP) is 12.2. The zero-order chi connectivity index (χ0) is 33.8. The molecule has 50 heavy (non-hydrogen) atoms. The smallest absolute Gasteiger partial charge is 0.0998 e. The lowest BCUT2D eigenvalue weighted by atomic mass is 9.65. The normalized spacial score (nSPS) is 11.2. The Labute approximate surface area is 293 Å². The molecule has 0 fully saturated rings. The zero-order valence-corrected chi connectivity index (χ0v) is 27.5. The van der Waals surface area contributed by atoms with Crippen LogP contribution >= 0.6 is 0 Å². The third-order valence-corrected chi connectivity index (χ3v) is 9.67. The first kappa shape index (κ1) is 30.6. The number of hydrogen-bond acceptors (Lipinski definition) is 2. The minimum atomic E-state index is -0.587. The van der Waals surface area contributed by atoms with Gasteiger partial charge in [0.15, 0.2) is 0 Å². The van der Waals surface area contributed by atoms with Crippen LogP contribution in [-0.2, 0) is 5.41 Å². The van der Waals surface area contributed by atoms with Gasteiger partial charge in [0, 0.05) is 22.4 Å². The molecule has 0 aromatic heterocycles. The maximum Gasteiger partial charge on any atom is 0.0998 e. The Morgan fingerprint density at radius 1 is 0.360 bits per heavy atom. The van der Waals surface area contributed by atoms with E-state index in [0.717, 1.165) is 39.0 Å². The van der Waals surface area contributed by atoms with Crippen LogP contribution in [0.3, 0.4) is 0 Å². The summed E-state index contributed by atoms with van der Waals surface area (Å²) >= 11 is 0. The topological polar surface area (TPSA) is 27.0 Å². The molecule has 0 amide bonds. The number of rotatable bonds is 8. The SMILES string of the molecule is N#Cc1ccc(-c2ccc(C(c3ccccc3)(c3ccccc3)c3ccc(N(c4ccccc4)c4ccccc4)cc3)cc2)c2ccccc12. The number of para-hydroxylation sites is 2. The number of nitriles is 1. The lowest BCUT2D eigenvalue weighted by molar-refractivity contribution is 0.745. The van der Waals surface area contributed by atoms with Crippen molar-refractivity contribution in [2.24, 2.45) is 0 Å². The molecule has 0 atom stereocenters. The average Bonchev–Trinajstić information content (AvgIpc) is 3.20. The molecule has 2 heteroatoms. The first-order chi connectivity index (χ1) is 24.8. The van der Waals surface area contributed by atoms with Crippen LogP contribution in [-0.4, -0.2) is 0 Å². The van der Waals surface area contributed by atoms with Gasteiger partial charge in [-0.3, -0.25) is 0 Å². The minimum Gasteiger partial charge on any atom is -0.311 e. The number of nitrogens with zero attached hydrogens (tertiary/aromatic N) is 2. The molecule has 0 unspecified atom stereocenters. The largest absolute Gasteiger partial charge is 0.311 e. The van der Waals surface area contributed by atoms with Crippen molar-refractivity contribution in [1.29, 1.82) is 5.26 Å². The Balaban J connectivity index is 1.31. The number of hydrogen-bond donors (Lipinski definition) is 0. The quantitative estimate of drug-likeness (QED) is 0.155. The summed E-state index contributed by atoms with van der Waals surface area (Å²) in [7, 11) is 0. The third kappa shape index (κ3) is 5.42. The van der Waals surface area contributed by atoms with E-state index in [-0.39, 0.29) is 0 Å². The highest BCUT2D eigenvalue weighted by Crippen LogP contribution is 2.47. The van der Waals surface area contributed by atoms with Crippen LogP contribution in [0.15, 0.2) is 206 Å². The van der Waals surface area contributed by atoms with E-state index in [0.29, 0.717) is 5.56 Å². The second kappa shape index (κ2) is 13.4. The van der Waals surface area contributed by atoms with Crippen molar-refractivity contribution in [3.05, 3.63) is 234 Å². The molecule has 0 aliphatic heterocycles. The van der Waals surface area contributed by atoms with Gasteiger partial charge >= 0.3 is 0 Å². The fraction of sp³-hybridized carbons (Fsp3) is 0.0208. The maximum absolute atomic E-state index is 9.76. The van der Waals surface area contributed by atoms with Gasteiger partial charge in [-0.15, -0.1) is 0 Å². The molecule has 0 radical (unpaired) electrons. The lowest BCUT2D eigenvalue weighted by Crippen LogP contribution is -2.31.